The molecule has 0 radical (unpaired) electrons. The molecule has 9 nitrogen and oxygen atoms in total. The van der Waals surface area contributed by atoms with Crippen molar-refractivity contribution >= 4 is 27.5 Å². The molecule has 254 valence electrons. The van der Waals surface area contributed by atoms with Gasteiger partial charge in [-0.15, -0.1) is 0 Å². The number of sulfonamides is 1. The van der Waals surface area contributed by atoms with E-state index < -0.39 is 28.5 Å². The molecule has 4 aromatic carbocycles. The van der Waals surface area contributed by atoms with Crippen LogP contribution in [-0.4, -0.2) is 58.0 Å². The van der Waals surface area contributed by atoms with Crippen molar-refractivity contribution in [2.75, 3.05) is 25.1 Å². The van der Waals surface area contributed by atoms with Gasteiger partial charge in [0.1, 0.15) is 12.6 Å². The van der Waals surface area contributed by atoms with E-state index in [1.165, 1.54) is 37.3 Å². The summed E-state index contributed by atoms with van der Waals surface area (Å²) in [5, 5.41) is 3.06. The summed E-state index contributed by atoms with van der Waals surface area (Å²) < 4.78 is 40.6. The number of hydrogen-bond donors (Lipinski definition) is 1. The summed E-state index contributed by atoms with van der Waals surface area (Å²) >= 11 is 0. The number of aryl methyl sites for hydroxylation is 2. The number of anilines is 1. The molecule has 0 aliphatic rings. The number of carbonyl (C=O) groups excluding carboxylic acids is 2. The largest absolute Gasteiger partial charge is 0.493 e. The lowest BCUT2D eigenvalue weighted by Gasteiger charge is -2.34. The zero-order chi connectivity index (χ0) is 34.8. The van der Waals surface area contributed by atoms with Crippen LogP contribution in [-0.2, 0) is 32.6 Å². The van der Waals surface area contributed by atoms with Gasteiger partial charge in [0, 0.05) is 25.1 Å². The van der Waals surface area contributed by atoms with E-state index in [4.69, 9.17) is 9.47 Å². The summed E-state index contributed by atoms with van der Waals surface area (Å²) in [6, 6.07) is 27.3. The first-order valence-corrected chi connectivity index (χ1v) is 17.4. The van der Waals surface area contributed by atoms with Crippen LogP contribution in [0.4, 0.5) is 5.69 Å². The van der Waals surface area contributed by atoms with Crippen LogP contribution in [0.1, 0.15) is 42.5 Å². The zero-order valence-corrected chi connectivity index (χ0v) is 29.3. The third kappa shape index (κ3) is 8.95. The van der Waals surface area contributed by atoms with Crippen LogP contribution in [0.25, 0.3) is 0 Å². The first-order chi connectivity index (χ1) is 23.0. The van der Waals surface area contributed by atoms with Gasteiger partial charge in [-0.05, 0) is 62.6 Å². The highest BCUT2D eigenvalue weighted by atomic mass is 32.2. The second-order valence-electron chi connectivity index (χ2n) is 11.9. The predicted octanol–water partition coefficient (Wildman–Crippen LogP) is 6.07. The molecule has 1 N–H and O–H groups in total. The molecule has 48 heavy (non-hydrogen) atoms. The maximum absolute atomic E-state index is 14.7. The zero-order valence-electron chi connectivity index (χ0n) is 28.5. The van der Waals surface area contributed by atoms with E-state index in [2.05, 4.69) is 5.32 Å². The minimum Gasteiger partial charge on any atom is -0.493 e. The van der Waals surface area contributed by atoms with E-state index in [9.17, 15) is 18.0 Å². The highest BCUT2D eigenvalue weighted by molar-refractivity contribution is 7.92. The molecule has 4 aromatic rings. The molecule has 4 rings (SSSR count). The fraction of sp³-hybridized carbons (Fsp3) is 0.316. The third-order valence-corrected chi connectivity index (χ3v) is 10.1. The van der Waals surface area contributed by atoms with Gasteiger partial charge in [-0.3, -0.25) is 13.9 Å². The monoisotopic (exact) mass is 671 g/mol. The number of nitrogens with one attached hydrogen (secondary N) is 1. The number of methoxy groups -OCH3 is 2. The highest BCUT2D eigenvalue weighted by Crippen LogP contribution is 2.34. The standard InChI is InChI=1S/C38H45N3O6S/c1-7-29(4)39-38(43)34(23-30-11-9-8-10-12-30)40(25-31-17-13-27(2)14-18-31)37(42)26-41(32-19-22-35(46-5)36(24-32)47-6)48(44,45)33-20-15-28(3)16-21-33/h8-22,24,29,34H,7,23,25-26H2,1-6H3,(H,39,43)/t29-,34-/m0/s1. The molecule has 0 unspecified atom stereocenters. The molecule has 10 heteroatoms. The minimum atomic E-state index is -4.26. The highest BCUT2D eigenvalue weighted by Gasteiger charge is 2.35. The summed E-state index contributed by atoms with van der Waals surface area (Å²) in [7, 11) is -1.32. The fourth-order valence-electron chi connectivity index (χ4n) is 5.23. The van der Waals surface area contributed by atoms with Crippen molar-refractivity contribution in [1.29, 1.82) is 0 Å². The number of nitrogens with zero attached hydrogens (tertiary/aromatic N) is 2. The molecular formula is C38H45N3O6S. The van der Waals surface area contributed by atoms with Gasteiger partial charge in [0.2, 0.25) is 11.8 Å². The predicted molar refractivity (Wildman–Crippen MR) is 189 cm³/mol. The number of ether oxygens (including phenoxy) is 2. The summed E-state index contributed by atoms with van der Waals surface area (Å²) in [5.74, 6) is -0.141. The van der Waals surface area contributed by atoms with E-state index in [0.717, 1.165) is 26.6 Å². The normalized spacial score (nSPS) is 12.5. The molecule has 2 atom stereocenters. The molecule has 0 fully saturated rings. The van der Waals surface area contributed by atoms with Gasteiger partial charge in [-0.25, -0.2) is 8.42 Å². The van der Waals surface area contributed by atoms with Crippen LogP contribution in [0.3, 0.4) is 0 Å². The fourth-order valence-corrected chi connectivity index (χ4v) is 6.64. The van der Waals surface area contributed by atoms with Crippen molar-refractivity contribution in [2.24, 2.45) is 0 Å². The molecule has 0 spiro atoms. The minimum absolute atomic E-state index is 0.0242. The second-order valence-corrected chi connectivity index (χ2v) is 13.8. The Balaban J connectivity index is 1.84. The molecular weight excluding hydrogens is 627 g/mol. The van der Waals surface area contributed by atoms with Crippen molar-refractivity contribution in [1.82, 2.24) is 10.2 Å². The van der Waals surface area contributed by atoms with Crippen molar-refractivity contribution in [3.05, 3.63) is 119 Å². The van der Waals surface area contributed by atoms with Crippen LogP contribution >= 0.6 is 0 Å². The van der Waals surface area contributed by atoms with Gasteiger partial charge in [0.25, 0.3) is 10.0 Å². The van der Waals surface area contributed by atoms with Crippen molar-refractivity contribution < 1.29 is 27.5 Å². The van der Waals surface area contributed by atoms with Crippen LogP contribution in [0.15, 0.2) is 102 Å². The van der Waals surface area contributed by atoms with E-state index >= 15 is 0 Å². The molecule has 0 aliphatic carbocycles. The first kappa shape index (κ1) is 36.0. The third-order valence-electron chi connectivity index (χ3n) is 8.29. The van der Waals surface area contributed by atoms with Gasteiger partial charge in [0.15, 0.2) is 11.5 Å². The Morgan fingerprint density at radius 2 is 1.40 bits per heavy atom. The van der Waals surface area contributed by atoms with Crippen molar-refractivity contribution in [3.63, 3.8) is 0 Å². The number of amides is 2. The van der Waals surface area contributed by atoms with Crippen molar-refractivity contribution in [2.45, 2.75) is 64.1 Å². The Morgan fingerprint density at radius 3 is 1.98 bits per heavy atom. The number of carbonyl (C=O) groups is 2. The smallest absolute Gasteiger partial charge is 0.264 e. The molecule has 0 saturated heterocycles. The lowest BCUT2D eigenvalue weighted by atomic mass is 10.0. The van der Waals surface area contributed by atoms with Crippen LogP contribution in [0, 0.1) is 13.8 Å². The SMILES string of the molecule is CC[C@H](C)NC(=O)[C@H](Cc1ccccc1)N(Cc1ccc(C)cc1)C(=O)CN(c1ccc(OC)c(OC)c1)S(=O)(=O)c1ccc(C)cc1. The Morgan fingerprint density at radius 1 is 0.792 bits per heavy atom. The summed E-state index contributed by atoms with van der Waals surface area (Å²) in [5.41, 5.74) is 3.83. The Labute approximate surface area is 284 Å². The van der Waals surface area contributed by atoms with Gasteiger partial charge < -0.3 is 19.7 Å². The van der Waals surface area contributed by atoms with Crippen LogP contribution in [0.5, 0.6) is 11.5 Å². The van der Waals surface area contributed by atoms with Crippen molar-refractivity contribution in [3.8, 4) is 11.5 Å². The van der Waals surface area contributed by atoms with Crippen LogP contribution in [0.2, 0.25) is 0 Å². The van der Waals surface area contributed by atoms with Gasteiger partial charge >= 0.3 is 0 Å². The Hall–Kier alpha value is -4.83. The Kier molecular flexibility index (Phi) is 12.2. The number of benzene rings is 4. The summed E-state index contributed by atoms with van der Waals surface area (Å²) in [6.07, 6.45) is 0.944. The quantitative estimate of drug-likeness (QED) is 0.165. The second kappa shape index (κ2) is 16.3. The Bertz CT molecular complexity index is 1780. The van der Waals surface area contributed by atoms with Crippen LogP contribution < -0.4 is 19.1 Å². The van der Waals surface area contributed by atoms with E-state index in [1.807, 2.05) is 82.3 Å². The average Bonchev–Trinajstić information content (AvgIpc) is 3.09. The first-order valence-electron chi connectivity index (χ1n) is 16.0. The van der Waals surface area contributed by atoms with E-state index in [0.29, 0.717) is 17.9 Å². The average molecular weight is 672 g/mol. The summed E-state index contributed by atoms with van der Waals surface area (Å²) in [6.45, 7) is 7.25. The topological polar surface area (TPSA) is 105 Å². The lowest BCUT2D eigenvalue weighted by Crippen LogP contribution is -2.54. The molecule has 0 bridgehead atoms. The molecule has 0 saturated carbocycles. The maximum atomic E-state index is 14.7. The summed E-state index contributed by atoms with van der Waals surface area (Å²) in [4.78, 5) is 30.2. The van der Waals surface area contributed by atoms with Gasteiger partial charge in [-0.1, -0.05) is 84.8 Å². The number of rotatable bonds is 15. The van der Waals surface area contributed by atoms with E-state index in [1.54, 1.807) is 24.3 Å². The molecule has 0 heterocycles. The molecule has 2 amide bonds. The molecule has 0 aliphatic heterocycles. The lowest BCUT2D eigenvalue weighted by molar-refractivity contribution is -0.140. The van der Waals surface area contributed by atoms with Gasteiger partial charge in [0.05, 0.1) is 24.8 Å². The molecule has 0 aromatic heterocycles. The maximum Gasteiger partial charge on any atom is 0.264 e. The van der Waals surface area contributed by atoms with Gasteiger partial charge in [-0.2, -0.15) is 0 Å². The number of hydrogen-bond acceptors (Lipinski definition) is 6. The van der Waals surface area contributed by atoms with E-state index in [-0.39, 0.29) is 35.5 Å².